The zero-order valence-electron chi connectivity index (χ0n) is 12.0. The van der Waals surface area contributed by atoms with Crippen LogP contribution in [0.15, 0.2) is 24.5 Å². The number of hydrogen-bond acceptors (Lipinski definition) is 4. The molecule has 1 N–H and O–H groups in total. The first-order chi connectivity index (χ1) is 9.65. The van der Waals surface area contributed by atoms with Gasteiger partial charge in [-0.1, -0.05) is 0 Å². The molecule has 0 aliphatic carbocycles. The maximum Gasteiger partial charge on any atom is 0.157 e. The minimum absolute atomic E-state index is 0.780. The molecule has 20 heavy (non-hydrogen) atoms. The van der Waals surface area contributed by atoms with Gasteiger partial charge in [-0.05, 0) is 24.6 Å². The van der Waals surface area contributed by atoms with Crippen LogP contribution in [0.4, 0.5) is 0 Å². The fourth-order valence-electron chi connectivity index (χ4n) is 2.36. The summed E-state index contributed by atoms with van der Waals surface area (Å²) in [5.74, 6) is 0. The molecule has 3 rings (SSSR count). The van der Waals surface area contributed by atoms with Crippen molar-refractivity contribution in [3.05, 3.63) is 41.5 Å². The Morgan fingerprint density at radius 3 is 2.80 bits per heavy atom. The normalized spacial score (nSPS) is 11.3. The standard InChI is InChI=1S/C14H18N6/c1-10-13-6-11(8-16-14(13)20(3)18-10)7-15-9-12-4-5-17-19(12)2/h4-6,8,15H,7,9H2,1-3H3. The van der Waals surface area contributed by atoms with E-state index in [4.69, 9.17) is 0 Å². The van der Waals surface area contributed by atoms with Crippen molar-refractivity contribution in [2.45, 2.75) is 20.0 Å². The lowest BCUT2D eigenvalue weighted by Gasteiger charge is -2.05. The highest BCUT2D eigenvalue weighted by molar-refractivity contribution is 5.78. The van der Waals surface area contributed by atoms with Crippen molar-refractivity contribution in [2.75, 3.05) is 0 Å². The van der Waals surface area contributed by atoms with Gasteiger partial charge in [-0.15, -0.1) is 0 Å². The Labute approximate surface area is 117 Å². The van der Waals surface area contributed by atoms with E-state index in [-0.39, 0.29) is 0 Å². The first-order valence-electron chi connectivity index (χ1n) is 6.61. The summed E-state index contributed by atoms with van der Waals surface area (Å²) in [4.78, 5) is 4.48. The molecule has 0 spiro atoms. The second kappa shape index (κ2) is 5.05. The molecule has 0 aliphatic rings. The molecule has 6 nitrogen and oxygen atoms in total. The van der Waals surface area contributed by atoms with Gasteiger partial charge in [0.05, 0.1) is 11.4 Å². The largest absolute Gasteiger partial charge is 0.307 e. The van der Waals surface area contributed by atoms with Crippen molar-refractivity contribution in [1.82, 2.24) is 29.9 Å². The van der Waals surface area contributed by atoms with E-state index in [1.165, 1.54) is 0 Å². The van der Waals surface area contributed by atoms with Crippen LogP contribution in [-0.2, 0) is 27.2 Å². The van der Waals surface area contributed by atoms with Crippen molar-refractivity contribution in [3.63, 3.8) is 0 Å². The van der Waals surface area contributed by atoms with E-state index >= 15 is 0 Å². The van der Waals surface area contributed by atoms with Gasteiger partial charge in [-0.25, -0.2) is 4.98 Å². The van der Waals surface area contributed by atoms with Gasteiger partial charge in [-0.2, -0.15) is 10.2 Å². The first kappa shape index (κ1) is 12.8. The van der Waals surface area contributed by atoms with E-state index in [0.717, 1.165) is 41.1 Å². The van der Waals surface area contributed by atoms with E-state index in [9.17, 15) is 0 Å². The molecule has 3 aromatic heterocycles. The number of aromatic nitrogens is 5. The van der Waals surface area contributed by atoms with Crippen molar-refractivity contribution >= 4 is 11.0 Å². The summed E-state index contributed by atoms with van der Waals surface area (Å²) in [5, 5.41) is 13.1. The highest BCUT2D eigenvalue weighted by Crippen LogP contribution is 2.16. The quantitative estimate of drug-likeness (QED) is 0.776. The van der Waals surface area contributed by atoms with Gasteiger partial charge in [0.15, 0.2) is 5.65 Å². The second-order valence-electron chi connectivity index (χ2n) is 4.97. The zero-order chi connectivity index (χ0) is 14.1. The molecule has 0 unspecified atom stereocenters. The van der Waals surface area contributed by atoms with Crippen LogP contribution < -0.4 is 5.32 Å². The lowest BCUT2D eigenvalue weighted by Crippen LogP contribution is -2.15. The smallest absolute Gasteiger partial charge is 0.157 e. The molecular weight excluding hydrogens is 252 g/mol. The molecule has 0 amide bonds. The number of fused-ring (bicyclic) bond motifs is 1. The summed E-state index contributed by atoms with van der Waals surface area (Å²) in [5.41, 5.74) is 4.27. The molecule has 0 saturated carbocycles. The van der Waals surface area contributed by atoms with Crippen LogP contribution in [0.2, 0.25) is 0 Å². The summed E-state index contributed by atoms with van der Waals surface area (Å²) in [6.07, 6.45) is 3.71. The van der Waals surface area contributed by atoms with Gasteiger partial charge in [-0.3, -0.25) is 9.36 Å². The van der Waals surface area contributed by atoms with Crippen molar-refractivity contribution < 1.29 is 0 Å². The minimum atomic E-state index is 0.780. The fraction of sp³-hybridized carbons (Fsp3) is 0.357. The summed E-state index contributed by atoms with van der Waals surface area (Å²) >= 11 is 0. The molecule has 3 aromatic rings. The highest BCUT2D eigenvalue weighted by Gasteiger charge is 2.07. The number of pyridine rings is 1. The van der Waals surface area contributed by atoms with E-state index in [1.54, 1.807) is 0 Å². The average Bonchev–Trinajstić information content (AvgIpc) is 2.95. The second-order valence-corrected chi connectivity index (χ2v) is 4.97. The zero-order valence-corrected chi connectivity index (χ0v) is 12.0. The SMILES string of the molecule is Cc1nn(C)c2ncc(CNCc3ccnn3C)cc12. The number of nitrogens with zero attached hydrogens (tertiary/aromatic N) is 5. The van der Waals surface area contributed by atoms with Gasteiger partial charge in [0.2, 0.25) is 0 Å². The molecule has 104 valence electrons. The Morgan fingerprint density at radius 2 is 2.05 bits per heavy atom. The van der Waals surface area contributed by atoms with Crippen LogP contribution in [0, 0.1) is 6.92 Å². The molecule has 0 radical (unpaired) electrons. The third kappa shape index (κ3) is 2.30. The van der Waals surface area contributed by atoms with Crippen molar-refractivity contribution in [2.24, 2.45) is 14.1 Å². The van der Waals surface area contributed by atoms with Gasteiger partial charge in [0, 0.05) is 45.0 Å². The molecule has 3 heterocycles. The monoisotopic (exact) mass is 270 g/mol. The topological polar surface area (TPSA) is 60.6 Å². The predicted molar refractivity (Wildman–Crippen MR) is 77.0 cm³/mol. The number of aryl methyl sites for hydroxylation is 3. The van der Waals surface area contributed by atoms with Crippen molar-refractivity contribution in [3.8, 4) is 0 Å². The van der Waals surface area contributed by atoms with Crippen molar-refractivity contribution in [1.29, 1.82) is 0 Å². The molecule has 0 bridgehead atoms. The first-order valence-corrected chi connectivity index (χ1v) is 6.61. The fourth-order valence-corrected chi connectivity index (χ4v) is 2.36. The van der Waals surface area contributed by atoms with Crippen LogP contribution in [0.1, 0.15) is 17.0 Å². The van der Waals surface area contributed by atoms with E-state index < -0.39 is 0 Å². The molecular formula is C14H18N6. The molecule has 6 heteroatoms. The molecule has 0 aliphatic heterocycles. The Kier molecular flexibility index (Phi) is 3.23. The minimum Gasteiger partial charge on any atom is -0.307 e. The number of nitrogens with one attached hydrogen (secondary N) is 1. The molecule has 0 fully saturated rings. The van der Waals surface area contributed by atoms with Crippen LogP contribution in [0.5, 0.6) is 0 Å². The van der Waals surface area contributed by atoms with E-state index in [1.807, 2.05) is 48.8 Å². The van der Waals surface area contributed by atoms with Crippen LogP contribution >= 0.6 is 0 Å². The third-order valence-electron chi connectivity index (χ3n) is 3.48. The third-order valence-corrected chi connectivity index (χ3v) is 3.48. The lowest BCUT2D eigenvalue weighted by atomic mass is 10.2. The summed E-state index contributed by atoms with van der Waals surface area (Å²) in [6.45, 7) is 3.58. The van der Waals surface area contributed by atoms with Gasteiger partial charge in [0.25, 0.3) is 0 Å². The summed E-state index contributed by atoms with van der Waals surface area (Å²) < 4.78 is 3.69. The molecule has 0 atom stereocenters. The van der Waals surface area contributed by atoms with E-state index in [2.05, 4.69) is 26.6 Å². The van der Waals surface area contributed by atoms with Crippen LogP contribution in [0.3, 0.4) is 0 Å². The molecule has 0 aromatic carbocycles. The summed E-state index contributed by atoms with van der Waals surface area (Å²) in [7, 11) is 3.87. The van der Waals surface area contributed by atoms with Gasteiger partial charge < -0.3 is 5.32 Å². The highest BCUT2D eigenvalue weighted by atomic mass is 15.3. The lowest BCUT2D eigenvalue weighted by molar-refractivity contribution is 0.625. The maximum atomic E-state index is 4.48. The predicted octanol–water partition coefficient (Wildman–Crippen LogP) is 1.30. The van der Waals surface area contributed by atoms with E-state index in [0.29, 0.717) is 0 Å². The Hall–Kier alpha value is -2.21. The summed E-state index contributed by atoms with van der Waals surface area (Å²) in [6, 6.07) is 4.17. The maximum absolute atomic E-state index is 4.48. The van der Waals surface area contributed by atoms with Gasteiger partial charge >= 0.3 is 0 Å². The van der Waals surface area contributed by atoms with Crippen LogP contribution in [-0.4, -0.2) is 24.5 Å². The Morgan fingerprint density at radius 1 is 1.20 bits per heavy atom. The Bertz CT molecular complexity index is 739. The average molecular weight is 270 g/mol. The van der Waals surface area contributed by atoms with Crippen LogP contribution in [0.25, 0.3) is 11.0 Å². The number of rotatable bonds is 4. The Balaban J connectivity index is 1.72. The van der Waals surface area contributed by atoms with Gasteiger partial charge in [0.1, 0.15) is 0 Å². The molecule has 0 saturated heterocycles. The number of hydrogen-bond donors (Lipinski definition) is 1.